The van der Waals surface area contributed by atoms with Crippen molar-refractivity contribution in [1.29, 1.82) is 0 Å². The van der Waals surface area contributed by atoms with E-state index in [0.29, 0.717) is 12.1 Å². The van der Waals surface area contributed by atoms with Gasteiger partial charge in [-0.25, -0.2) is 0 Å². The van der Waals surface area contributed by atoms with Crippen LogP contribution in [-0.2, 0) is 7.05 Å². The molecule has 2 unspecified atom stereocenters. The van der Waals surface area contributed by atoms with E-state index in [1.165, 1.54) is 35.6 Å². The monoisotopic (exact) mass is 239 g/mol. The number of rotatable bonds is 3. The molecule has 1 saturated heterocycles. The predicted octanol–water partition coefficient (Wildman–Crippen LogP) is 2.27. The topological polar surface area (TPSA) is 29.9 Å². The fourth-order valence-electron chi connectivity index (χ4n) is 2.26. The summed E-state index contributed by atoms with van der Waals surface area (Å²) in [7, 11) is 2.00. The number of thioether (sulfide) groups is 1. The summed E-state index contributed by atoms with van der Waals surface area (Å²) in [5, 5.41) is 8.02. The summed E-state index contributed by atoms with van der Waals surface area (Å²) in [4.78, 5) is 0. The van der Waals surface area contributed by atoms with E-state index in [9.17, 15) is 0 Å². The highest BCUT2D eigenvalue weighted by Crippen LogP contribution is 2.22. The second-order valence-corrected chi connectivity index (χ2v) is 5.76. The third-order valence-electron chi connectivity index (χ3n) is 3.39. The van der Waals surface area contributed by atoms with Gasteiger partial charge >= 0.3 is 0 Å². The van der Waals surface area contributed by atoms with Crippen molar-refractivity contribution >= 4 is 11.8 Å². The van der Waals surface area contributed by atoms with Crippen molar-refractivity contribution in [1.82, 2.24) is 15.1 Å². The smallest absolute Gasteiger partial charge is 0.0540 e. The third-order valence-corrected chi connectivity index (χ3v) is 4.60. The van der Waals surface area contributed by atoms with Gasteiger partial charge in [-0.15, -0.1) is 0 Å². The van der Waals surface area contributed by atoms with Crippen molar-refractivity contribution in [2.45, 2.75) is 38.8 Å². The second-order valence-electron chi connectivity index (χ2n) is 4.61. The largest absolute Gasteiger partial charge is 0.306 e. The number of nitrogens with zero attached hydrogens (tertiary/aromatic N) is 2. The van der Waals surface area contributed by atoms with E-state index in [0.717, 1.165) is 0 Å². The summed E-state index contributed by atoms with van der Waals surface area (Å²) in [6, 6.07) is 1.09. The van der Waals surface area contributed by atoms with Gasteiger partial charge in [0.05, 0.1) is 6.20 Å². The Kier molecular flexibility index (Phi) is 3.92. The Morgan fingerprint density at radius 2 is 2.44 bits per heavy atom. The van der Waals surface area contributed by atoms with E-state index in [1.807, 2.05) is 17.9 Å². The molecule has 0 spiro atoms. The molecule has 1 aromatic rings. The Morgan fingerprint density at radius 1 is 1.62 bits per heavy atom. The summed E-state index contributed by atoms with van der Waals surface area (Å²) in [6.45, 7) is 4.37. The highest BCUT2D eigenvalue weighted by atomic mass is 32.2. The van der Waals surface area contributed by atoms with Gasteiger partial charge in [-0.3, -0.25) is 4.68 Å². The first-order valence-corrected chi connectivity index (χ1v) is 7.16. The number of aryl methyl sites for hydroxylation is 1. The number of aromatic nitrogens is 2. The molecule has 0 saturated carbocycles. The van der Waals surface area contributed by atoms with E-state index in [4.69, 9.17) is 0 Å². The maximum Gasteiger partial charge on any atom is 0.0540 e. The quantitative estimate of drug-likeness (QED) is 0.877. The Morgan fingerprint density at radius 3 is 3.00 bits per heavy atom. The zero-order valence-corrected chi connectivity index (χ0v) is 11.2. The first kappa shape index (κ1) is 12.0. The molecule has 0 aliphatic carbocycles. The van der Waals surface area contributed by atoms with Gasteiger partial charge in [0.2, 0.25) is 0 Å². The molecule has 1 aromatic heterocycles. The van der Waals surface area contributed by atoms with Crippen LogP contribution in [0.3, 0.4) is 0 Å². The van der Waals surface area contributed by atoms with Crippen LogP contribution in [0.5, 0.6) is 0 Å². The SMILES string of the molecule is Cc1c(C(C)NC2CCCSC2)cnn1C. The van der Waals surface area contributed by atoms with Gasteiger partial charge in [0.15, 0.2) is 0 Å². The lowest BCUT2D eigenvalue weighted by Crippen LogP contribution is -2.35. The van der Waals surface area contributed by atoms with Gasteiger partial charge in [-0.05, 0) is 32.4 Å². The summed E-state index contributed by atoms with van der Waals surface area (Å²) >= 11 is 2.07. The summed E-state index contributed by atoms with van der Waals surface area (Å²) in [6.07, 6.45) is 4.65. The van der Waals surface area contributed by atoms with Crippen molar-refractivity contribution in [3.05, 3.63) is 17.5 Å². The molecule has 1 fully saturated rings. The third kappa shape index (κ3) is 2.61. The fraction of sp³-hybridized carbons (Fsp3) is 0.750. The van der Waals surface area contributed by atoms with E-state index in [-0.39, 0.29) is 0 Å². The maximum absolute atomic E-state index is 4.30. The highest BCUT2D eigenvalue weighted by molar-refractivity contribution is 7.99. The van der Waals surface area contributed by atoms with Crippen LogP contribution in [0.4, 0.5) is 0 Å². The molecular formula is C12H21N3S. The Labute approximate surface area is 102 Å². The lowest BCUT2D eigenvalue weighted by molar-refractivity contribution is 0.451. The van der Waals surface area contributed by atoms with Crippen molar-refractivity contribution in [2.75, 3.05) is 11.5 Å². The minimum Gasteiger partial charge on any atom is -0.306 e. The Bertz CT molecular complexity index is 342. The molecule has 1 aliphatic heterocycles. The van der Waals surface area contributed by atoms with Crippen LogP contribution in [0.25, 0.3) is 0 Å². The molecule has 90 valence electrons. The minimum atomic E-state index is 0.414. The van der Waals surface area contributed by atoms with Crippen molar-refractivity contribution in [3.8, 4) is 0 Å². The summed E-state index contributed by atoms with van der Waals surface area (Å²) < 4.78 is 1.95. The standard InChI is InChI=1S/C12H21N3S/c1-9(12-7-13-15(3)10(12)2)14-11-5-4-6-16-8-11/h7,9,11,14H,4-6,8H2,1-3H3. The average molecular weight is 239 g/mol. The molecule has 2 atom stereocenters. The van der Waals surface area contributed by atoms with E-state index in [2.05, 4.69) is 36.0 Å². The molecule has 0 aromatic carbocycles. The van der Waals surface area contributed by atoms with Crippen molar-refractivity contribution in [2.24, 2.45) is 7.05 Å². The normalized spacial score (nSPS) is 23.3. The van der Waals surface area contributed by atoms with Crippen LogP contribution in [0, 0.1) is 6.92 Å². The molecule has 4 heteroatoms. The average Bonchev–Trinajstić information content (AvgIpc) is 2.61. The number of hydrogen-bond acceptors (Lipinski definition) is 3. The zero-order chi connectivity index (χ0) is 11.5. The van der Waals surface area contributed by atoms with Gasteiger partial charge in [-0.2, -0.15) is 16.9 Å². The van der Waals surface area contributed by atoms with Gasteiger partial charge < -0.3 is 5.32 Å². The molecular weight excluding hydrogens is 218 g/mol. The Balaban J connectivity index is 1.96. The van der Waals surface area contributed by atoms with Crippen molar-refractivity contribution < 1.29 is 0 Å². The Hall–Kier alpha value is -0.480. The van der Waals surface area contributed by atoms with E-state index >= 15 is 0 Å². The molecule has 3 nitrogen and oxygen atoms in total. The lowest BCUT2D eigenvalue weighted by atomic mass is 10.1. The number of nitrogens with one attached hydrogen (secondary N) is 1. The van der Waals surface area contributed by atoms with Crippen LogP contribution < -0.4 is 5.32 Å². The van der Waals surface area contributed by atoms with Crippen molar-refractivity contribution in [3.63, 3.8) is 0 Å². The molecule has 0 bridgehead atoms. The van der Waals surface area contributed by atoms with Crippen LogP contribution in [0.2, 0.25) is 0 Å². The first-order valence-electron chi connectivity index (χ1n) is 6.00. The molecule has 16 heavy (non-hydrogen) atoms. The molecule has 2 rings (SSSR count). The van der Waals surface area contributed by atoms with Crippen LogP contribution in [0.15, 0.2) is 6.20 Å². The minimum absolute atomic E-state index is 0.414. The zero-order valence-electron chi connectivity index (χ0n) is 10.4. The molecule has 0 radical (unpaired) electrons. The second kappa shape index (κ2) is 5.23. The van der Waals surface area contributed by atoms with E-state index in [1.54, 1.807) is 0 Å². The van der Waals surface area contributed by atoms with Crippen LogP contribution >= 0.6 is 11.8 Å². The lowest BCUT2D eigenvalue weighted by Gasteiger charge is -2.26. The molecule has 0 amide bonds. The fourth-order valence-corrected chi connectivity index (χ4v) is 3.34. The molecule has 1 aliphatic rings. The van der Waals surface area contributed by atoms with Gasteiger partial charge in [0.25, 0.3) is 0 Å². The molecule has 1 N–H and O–H groups in total. The van der Waals surface area contributed by atoms with Gasteiger partial charge in [-0.1, -0.05) is 0 Å². The van der Waals surface area contributed by atoms with Gasteiger partial charge in [0.1, 0.15) is 0 Å². The van der Waals surface area contributed by atoms with Crippen LogP contribution in [0.1, 0.15) is 37.1 Å². The predicted molar refractivity (Wildman–Crippen MR) is 69.8 cm³/mol. The molecule has 2 heterocycles. The summed E-state index contributed by atoms with van der Waals surface area (Å²) in [5.74, 6) is 2.59. The summed E-state index contributed by atoms with van der Waals surface area (Å²) in [5.41, 5.74) is 2.60. The van der Waals surface area contributed by atoms with Gasteiger partial charge in [0, 0.05) is 36.1 Å². The highest BCUT2D eigenvalue weighted by Gasteiger charge is 2.18. The number of hydrogen-bond donors (Lipinski definition) is 1. The first-order chi connectivity index (χ1) is 7.68. The van der Waals surface area contributed by atoms with E-state index < -0.39 is 0 Å². The maximum atomic E-state index is 4.30. The van der Waals surface area contributed by atoms with Crippen LogP contribution in [-0.4, -0.2) is 27.3 Å².